The van der Waals surface area contributed by atoms with Crippen LogP contribution in [0.25, 0.3) is 0 Å². The van der Waals surface area contributed by atoms with Crippen molar-refractivity contribution in [1.29, 1.82) is 0 Å². The van der Waals surface area contributed by atoms with Gasteiger partial charge < -0.3 is 11.1 Å². The molecule has 0 aromatic heterocycles. The third-order valence-corrected chi connectivity index (χ3v) is 3.56. The minimum absolute atomic E-state index is 0. The smallest absolute Gasteiger partial charge is 0.188 e. The summed E-state index contributed by atoms with van der Waals surface area (Å²) in [5.41, 5.74) is 5.82. The van der Waals surface area contributed by atoms with Crippen LogP contribution in [0.1, 0.15) is 33.6 Å². The van der Waals surface area contributed by atoms with Gasteiger partial charge in [0, 0.05) is 12.1 Å². The lowest BCUT2D eigenvalue weighted by molar-refractivity contribution is 0.501. The molecule has 3 nitrogen and oxygen atoms in total. The summed E-state index contributed by atoms with van der Waals surface area (Å²) in [5.74, 6) is 3.87. The second-order valence-electron chi connectivity index (χ2n) is 5.18. The Kier molecular flexibility index (Phi) is 7.48. The molecule has 0 aliphatic carbocycles. The highest BCUT2D eigenvalue weighted by atomic mass is 79.9. The van der Waals surface area contributed by atoms with Crippen LogP contribution >= 0.6 is 28.7 Å². The number of nitrogens with one attached hydrogen (secondary N) is 1. The summed E-state index contributed by atoms with van der Waals surface area (Å²) >= 11 is 2.04. The summed E-state index contributed by atoms with van der Waals surface area (Å²) in [7, 11) is 0. The van der Waals surface area contributed by atoms with Gasteiger partial charge in [-0.25, -0.2) is 0 Å². The topological polar surface area (TPSA) is 50.4 Å². The lowest BCUT2D eigenvalue weighted by Crippen LogP contribution is -2.45. The minimum atomic E-state index is 0. The van der Waals surface area contributed by atoms with Crippen LogP contribution in [0.4, 0.5) is 0 Å². The van der Waals surface area contributed by atoms with Crippen molar-refractivity contribution in [3.63, 3.8) is 0 Å². The van der Waals surface area contributed by atoms with Crippen molar-refractivity contribution in [2.75, 3.05) is 18.1 Å². The first kappa shape index (κ1) is 16.1. The van der Waals surface area contributed by atoms with E-state index in [4.69, 9.17) is 5.73 Å². The molecule has 1 fully saturated rings. The normalized spacial score (nSPS) is 22.4. The highest BCUT2D eigenvalue weighted by Crippen LogP contribution is 2.22. The van der Waals surface area contributed by atoms with E-state index in [9.17, 15) is 0 Å². The average molecular weight is 310 g/mol. The molecule has 0 radical (unpaired) electrons. The Hall–Kier alpha value is 0.1000. The molecule has 16 heavy (non-hydrogen) atoms. The molecule has 0 saturated carbocycles. The maximum Gasteiger partial charge on any atom is 0.188 e. The molecular weight excluding hydrogens is 286 g/mol. The van der Waals surface area contributed by atoms with Crippen LogP contribution in [0.15, 0.2) is 4.99 Å². The molecule has 1 atom stereocenters. The second kappa shape index (κ2) is 7.43. The first-order chi connectivity index (χ1) is 6.97. The van der Waals surface area contributed by atoms with Crippen LogP contribution < -0.4 is 11.1 Å². The average Bonchev–Trinajstić information content (AvgIpc) is 2.14. The Morgan fingerprint density at radius 1 is 1.50 bits per heavy atom. The first-order valence-electron chi connectivity index (χ1n) is 5.63. The zero-order valence-corrected chi connectivity index (χ0v) is 13.0. The maximum atomic E-state index is 5.81. The lowest BCUT2D eigenvalue weighted by Gasteiger charge is -2.22. The van der Waals surface area contributed by atoms with Crippen molar-refractivity contribution < 1.29 is 0 Å². The third-order valence-electron chi connectivity index (χ3n) is 2.28. The Labute approximate surface area is 114 Å². The van der Waals surface area contributed by atoms with E-state index in [-0.39, 0.29) is 22.5 Å². The van der Waals surface area contributed by atoms with Crippen LogP contribution in [0.2, 0.25) is 0 Å². The molecule has 0 aromatic rings. The van der Waals surface area contributed by atoms with Crippen molar-refractivity contribution in [2.24, 2.45) is 16.6 Å². The summed E-state index contributed by atoms with van der Waals surface area (Å²) in [5, 5.41) is 3.18. The van der Waals surface area contributed by atoms with Gasteiger partial charge in [-0.05, 0) is 51.0 Å². The monoisotopic (exact) mass is 309 g/mol. The molecular formula is C11H24BrN3S. The van der Waals surface area contributed by atoms with Crippen LogP contribution in [0.5, 0.6) is 0 Å². The molecule has 96 valence electrons. The molecule has 1 rings (SSSR count). The summed E-state index contributed by atoms with van der Waals surface area (Å²) in [6.07, 6.45) is 2.64. The largest absolute Gasteiger partial charge is 0.370 e. The van der Waals surface area contributed by atoms with E-state index < -0.39 is 0 Å². The van der Waals surface area contributed by atoms with Gasteiger partial charge in [-0.1, -0.05) is 0 Å². The highest BCUT2D eigenvalue weighted by Gasteiger charge is 2.14. The number of hydrogen-bond acceptors (Lipinski definition) is 2. The SMILES string of the molecule is Br.CC(C)(C)NC(N)=NCC1CCCSC1. The van der Waals surface area contributed by atoms with Crippen molar-refractivity contribution >= 4 is 34.7 Å². The van der Waals surface area contributed by atoms with Gasteiger partial charge in [0.1, 0.15) is 0 Å². The molecule has 1 aliphatic heterocycles. The molecule has 0 aromatic carbocycles. The number of halogens is 1. The number of nitrogens with two attached hydrogens (primary N) is 1. The van der Waals surface area contributed by atoms with Gasteiger partial charge >= 0.3 is 0 Å². The quantitative estimate of drug-likeness (QED) is 0.608. The van der Waals surface area contributed by atoms with E-state index in [0.29, 0.717) is 5.96 Å². The molecule has 1 saturated heterocycles. The van der Waals surface area contributed by atoms with Crippen molar-refractivity contribution in [2.45, 2.75) is 39.2 Å². The predicted molar refractivity (Wildman–Crippen MR) is 79.7 cm³/mol. The van der Waals surface area contributed by atoms with E-state index in [0.717, 1.165) is 12.5 Å². The van der Waals surface area contributed by atoms with Crippen molar-refractivity contribution in [3.05, 3.63) is 0 Å². The molecule has 5 heteroatoms. The van der Waals surface area contributed by atoms with Gasteiger partial charge in [-0.3, -0.25) is 4.99 Å². The third kappa shape index (κ3) is 7.39. The summed E-state index contributed by atoms with van der Waals surface area (Å²) in [6, 6.07) is 0. The van der Waals surface area contributed by atoms with Gasteiger partial charge in [0.15, 0.2) is 5.96 Å². The summed E-state index contributed by atoms with van der Waals surface area (Å²) in [4.78, 5) is 4.40. The van der Waals surface area contributed by atoms with Gasteiger partial charge in [0.25, 0.3) is 0 Å². The molecule has 3 N–H and O–H groups in total. The molecule has 1 aliphatic rings. The maximum absolute atomic E-state index is 5.81. The molecule has 1 unspecified atom stereocenters. The predicted octanol–water partition coefficient (Wildman–Crippen LogP) is 2.41. The zero-order chi connectivity index (χ0) is 11.3. The minimum Gasteiger partial charge on any atom is -0.370 e. The number of thioether (sulfide) groups is 1. The summed E-state index contributed by atoms with van der Waals surface area (Å²) in [6.45, 7) is 7.14. The van der Waals surface area contributed by atoms with Crippen LogP contribution in [-0.2, 0) is 0 Å². The Balaban J connectivity index is 0.00000225. The van der Waals surface area contributed by atoms with E-state index in [1.165, 1.54) is 24.3 Å². The fourth-order valence-electron chi connectivity index (χ4n) is 1.60. The Morgan fingerprint density at radius 2 is 2.19 bits per heavy atom. The first-order valence-corrected chi connectivity index (χ1v) is 6.79. The number of nitrogens with zero attached hydrogens (tertiary/aromatic N) is 1. The number of guanidine groups is 1. The molecule has 0 spiro atoms. The van der Waals surface area contributed by atoms with Gasteiger partial charge in [-0.15, -0.1) is 17.0 Å². The van der Waals surface area contributed by atoms with E-state index in [2.05, 4.69) is 31.1 Å². The molecule has 0 amide bonds. The number of aliphatic imine (C=N–C) groups is 1. The fraction of sp³-hybridized carbons (Fsp3) is 0.909. The standard InChI is InChI=1S/C11H23N3S.BrH/c1-11(2,3)14-10(12)13-7-9-5-4-6-15-8-9;/h9H,4-8H2,1-3H3,(H3,12,13,14);1H. The van der Waals surface area contributed by atoms with Crippen LogP contribution in [0, 0.1) is 5.92 Å². The fourth-order valence-corrected chi connectivity index (χ4v) is 2.75. The van der Waals surface area contributed by atoms with E-state index in [1.54, 1.807) is 0 Å². The van der Waals surface area contributed by atoms with Gasteiger partial charge in [0.05, 0.1) is 0 Å². The lowest BCUT2D eigenvalue weighted by atomic mass is 10.1. The highest BCUT2D eigenvalue weighted by molar-refractivity contribution is 8.93. The van der Waals surface area contributed by atoms with Crippen molar-refractivity contribution in [1.82, 2.24) is 5.32 Å². The molecule has 1 heterocycles. The van der Waals surface area contributed by atoms with Crippen LogP contribution in [-0.4, -0.2) is 29.5 Å². The van der Waals surface area contributed by atoms with Crippen molar-refractivity contribution in [3.8, 4) is 0 Å². The van der Waals surface area contributed by atoms with E-state index in [1.807, 2.05) is 11.8 Å². The van der Waals surface area contributed by atoms with Gasteiger partial charge in [-0.2, -0.15) is 11.8 Å². The summed E-state index contributed by atoms with van der Waals surface area (Å²) < 4.78 is 0. The van der Waals surface area contributed by atoms with E-state index >= 15 is 0 Å². The number of rotatable bonds is 2. The van der Waals surface area contributed by atoms with Gasteiger partial charge in [0.2, 0.25) is 0 Å². The Morgan fingerprint density at radius 3 is 2.69 bits per heavy atom. The Bertz CT molecular complexity index is 220. The molecule has 0 bridgehead atoms. The van der Waals surface area contributed by atoms with Crippen LogP contribution in [0.3, 0.4) is 0 Å². The number of hydrogen-bond donors (Lipinski definition) is 2. The zero-order valence-electron chi connectivity index (χ0n) is 10.5. The second-order valence-corrected chi connectivity index (χ2v) is 6.33.